The fourth-order valence-electron chi connectivity index (χ4n) is 2.51. The van der Waals surface area contributed by atoms with Crippen molar-refractivity contribution < 1.29 is 14.3 Å². The number of ether oxygens (including phenoxy) is 1. The zero-order valence-corrected chi connectivity index (χ0v) is 16.8. The summed E-state index contributed by atoms with van der Waals surface area (Å²) in [5.74, 6) is 0.105. The van der Waals surface area contributed by atoms with Crippen LogP contribution in [0.15, 0.2) is 28.4 Å². The number of hydrazine groups is 1. The molecule has 1 heterocycles. The van der Waals surface area contributed by atoms with Gasteiger partial charge in [0.2, 0.25) is 5.91 Å². The summed E-state index contributed by atoms with van der Waals surface area (Å²) >= 11 is 1.10. The predicted octanol–water partition coefficient (Wildman–Crippen LogP) is 2.27. The Morgan fingerprint density at radius 3 is 2.52 bits per heavy atom. The summed E-state index contributed by atoms with van der Waals surface area (Å²) < 4.78 is 7.14. The predicted molar refractivity (Wildman–Crippen MR) is 105 cm³/mol. The van der Waals surface area contributed by atoms with Crippen molar-refractivity contribution >= 4 is 23.2 Å². The summed E-state index contributed by atoms with van der Waals surface area (Å²) in [6.45, 7) is 7.94. The number of hydrogen-bond donors (Lipinski definition) is 2. The van der Waals surface area contributed by atoms with Gasteiger partial charge in [0.05, 0.1) is 0 Å². The Labute approximate surface area is 162 Å². The van der Waals surface area contributed by atoms with Crippen molar-refractivity contribution in [2.24, 2.45) is 0 Å². The molecule has 2 N–H and O–H groups in total. The van der Waals surface area contributed by atoms with Crippen LogP contribution < -0.4 is 20.5 Å². The van der Waals surface area contributed by atoms with E-state index in [-0.39, 0.29) is 36.3 Å². The molecule has 1 aromatic heterocycles. The van der Waals surface area contributed by atoms with Crippen molar-refractivity contribution in [3.63, 3.8) is 0 Å². The third-order valence-electron chi connectivity index (χ3n) is 4.03. The third kappa shape index (κ3) is 5.96. The van der Waals surface area contributed by atoms with E-state index in [9.17, 15) is 14.4 Å². The summed E-state index contributed by atoms with van der Waals surface area (Å²) in [5.41, 5.74) is 7.55. The van der Waals surface area contributed by atoms with Crippen LogP contribution >= 0.6 is 11.3 Å². The lowest BCUT2D eigenvalue weighted by molar-refractivity contribution is -0.130. The number of aryl methyl sites for hydroxylation is 2. The zero-order chi connectivity index (χ0) is 20.0. The van der Waals surface area contributed by atoms with Gasteiger partial charge >= 0.3 is 4.87 Å². The second-order valence-corrected chi connectivity index (χ2v) is 7.45. The van der Waals surface area contributed by atoms with Crippen LogP contribution in [0.3, 0.4) is 0 Å². The van der Waals surface area contributed by atoms with Gasteiger partial charge in [-0.3, -0.25) is 25.2 Å². The number of nitrogens with zero attached hydrogens (tertiary/aromatic N) is 1. The molecule has 2 amide bonds. The summed E-state index contributed by atoms with van der Waals surface area (Å²) in [5, 5.41) is 1.75. The highest BCUT2D eigenvalue weighted by Crippen LogP contribution is 2.27. The molecule has 0 fully saturated rings. The van der Waals surface area contributed by atoms with Gasteiger partial charge in [0, 0.05) is 24.0 Å². The van der Waals surface area contributed by atoms with Crippen molar-refractivity contribution in [1.82, 2.24) is 15.4 Å². The van der Waals surface area contributed by atoms with E-state index in [1.54, 1.807) is 5.38 Å². The van der Waals surface area contributed by atoms with Gasteiger partial charge in [-0.2, -0.15) is 0 Å². The van der Waals surface area contributed by atoms with Gasteiger partial charge < -0.3 is 9.30 Å². The Balaban J connectivity index is 1.79. The Morgan fingerprint density at radius 2 is 1.89 bits per heavy atom. The monoisotopic (exact) mass is 391 g/mol. The number of carbonyl (C=O) groups is 2. The van der Waals surface area contributed by atoms with Crippen LogP contribution in [-0.4, -0.2) is 23.0 Å². The van der Waals surface area contributed by atoms with Gasteiger partial charge in [0.25, 0.3) is 5.91 Å². The minimum atomic E-state index is -0.455. The number of carbonyl (C=O) groups excluding carboxylic acids is 2. The first-order valence-corrected chi connectivity index (χ1v) is 9.62. The van der Waals surface area contributed by atoms with Crippen molar-refractivity contribution in [3.8, 4) is 5.75 Å². The highest BCUT2D eigenvalue weighted by Gasteiger charge is 2.11. The van der Waals surface area contributed by atoms with Crippen molar-refractivity contribution in [3.05, 3.63) is 50.1 Å². The summed E-state index contributed by atoms with van der Waals surface area (Å²) in [4.78, 5) is 35.3. The molecule has 0 spiro atoms. The number of benzene rings is 1. The average Bonchev–Trinajstić information content (AvgIpc) is 2.94. The van der Waals surface area contributed by atoms with Gasteiger partial charge in [-0.25, -0.2) is 0 Å². The van der Waals surface area contributed by atoms with Crippen LogP contribution in [0, 0.1) is 13.8 Å². The van der Waals surface area contributed by atoms with Crippen LogP contribution in [0.1, 0.15) is 43.0 Å². The standard InChI is InChI=1S/C19H25N3O4S/c1-12(2)15-6-5-13(3)9-16(15)26-10-18(24)21-20-17(23)7-8-22-14(4)11-27-19(22)25/h5-6,9,11-12H,7-8,10H2,1-4H3,(H,20,23)(H,21,24). The maximum absolute atomic E-state index is 11.9. The van der Waals surface area contributed by atoms with Gasteiger partial charge in [-0.15, -0.1) is 0 Å². The molecule has 0 bridgehead atoms. The Morgan fingerprint density at radius 1 is 1.19 bits per heavy atom. The van der Waals surface area contributed by atoms with Crippen molar-refractivity contribution in [2.45, 2.75) is 46.6 Å². The van der Waals surface area contributed by atoms with Crippen molar-refractivity contribution in [2.75, 3.05) is 6.61 Å². The minimum absolute atomic E-state index is 0.0913. The molecule has 2 aromatic rings. The van der Waals surface area contributed by atoms with E-state index in [2.05, 4.69) is 24.7 Å². The second kappa shape index (κ2) is 9.36. The molecule has 0 aliphatic heterocycles. The van der Waals surface area contributed by atoms with Gasteiger partial charge in [0.1, 0.15) is 5.75 Å². The van der Waals surface area contributed by atoms with E-state index >= 15 is 0 Å². The summed E-state index contributed by atoms with van der Waals surface area (Å²) in [6.07, 6.45) is 0.0913. The van der Waals surface area contributed by atoms with E-state index in [0.717, 1.165) is 28.2 Å². The Bertz CT molecular complexity index is 870. The Hall–Kier alpha value is -2.61. The molecule has 8 heteroatoms. The molecular formula is C19H25N3O4S. The SMILES string of the molecule is Cc1ccc(C(C)C)c(OCC(=O)NNC(=O)CCn2c(C)csc2=O)c1. The van der Waals surface area contributed by atoms with Crippen LogP contribution in [-0.2, 0) is 16.1 Å². The normalized spacial score (nSPS) is 10.7. The molecule has 0 aliphatic rings. The Kier molecular flexibility index (Phi) is 7.18. The molecule has 0 saturated heterocycles. The molecular weight excluding hydrogens is 366 g/mol. The van der Waals surface area contributed by atoms with E-state index in [1.165, 1.54) is 4.57 Å². The third-order valence-corrected chi connectivity index (χ3v) is 4.91. The maximum atomic E-state index is 11.9. The molecule has 146 valence electrons. The molecule has 2 rings (SSSR count). The molecule has 0 radical (unpaired) electrons. The molecule has 7 nitrogen and oxygen atoms in total. The number of thiazole rings is 1. The van der Waals surface area contributed by atoms with E-state index in [0.29, 0.717) is 5.75 Å². The van der Waals surface area contributed by atoms with Crippen LogP contribution in [0.2, 0.25) is 0 Å². The number of rotatable bonds is 7. The highest BCUT2D eigenvalue weighted by molar-refractivity contribution is 7.07. The summed E-state index contributed by atoms with van der Waals surface area (Å²) in [6, 6.07) is 5.88. The first-order chi connectivity index (χ1) is 12.8. The first-order valence-electron chi connectivity index (χ1n) is 8.74. The van der Waals surface area contributed by atoms with E-state index in [4.69, 9.17) is 4.74 Å². The molecule has 0 saturated carbocycles. The average molecular weight is 391 g/mol. The molecule has 0 aliphatic carbocycles. The van der Waals surface area contributed by atoms with Crippen LogP contribution in [0.4, 0.5) is 0 Å². The maximum Gasteiger partial charge on any atom is 0.307 e. The molecule has 0 atom stereocenters. The molecule has 1 aromatic carbocycles. The second-order valence-electron chi connectivity index (χ2n) is 6.63. The highest BCUT2D eigenvalue weighted by atomic mass is 32.1. The van der Waals surface area contributed by atoms with E-state index < -0.39 is 5.91 Å². The van der Waals surface area contributed by atoms with Crippen LogP contribution in [0.5, 0.6) is 5.75 Å². The minimum Gasteiger partial charge on any atom is -0.483 e. The largest absolute Gasteiger partial charge is 0.483 e. The number of aromatic nitrogens is 1. The van der Waals surface area contributed by atoms with Gasteiger partial charge in [-0.05, 0) is 37.0 Å². The number of hydrogen-bond acceptors (Lipinski definition) is 5. The van der Waals surface area contributed by atoms with Crippen LogP contribution in [0.25, 0.3) is 0 Å². The lowest BCUT2D eigenvalue weighted by atomic mass is 10.0. The fraction of sp³-hybridized carbons (Fsp3) is 0.421. The summed E-state index contributed by atoms with van der Waals surface area (Å²) in [7, 11) is 0. The zero-order valence-electron chi connectivity index (χ0n) is 16.0. The number of amides is 2. The lowest BCUT2D eigenvalue weighted by Gasteiger charge is -2.15. The van der Waals surface area contributed by atoms with E-state index in [1.807, 2.05) is 32.0 Å². The number of nitrogens with one attached hydrogen (secondary N) is 2. The first kappa shape index (κ1) is 20.7. The smallest absolute Gasteiger partial charge is 0.307 e. The van der Waals surface area contributed by atoms with Gasteiger partial charge in [-0.1, -0.05) is 37.3 Å². The molecule has 0 unspecified atom stereocenters. The molecule has 27 heavy (non-hydrogen) atoms. The fourth-order valence-corrected chi connectivity index (χ4v) is 3.27. The van der Waals surface area contributed by atoms with Crippen molar-refractivity contribution in [1.29, 1.82) is 0 Å². The quantitative estimate of drug-likeness (QED) is 0.709. The topological polar surface area (TPSA) is 89.4 Å². The lowest BCUT2D eigenvalue weighted by Crippen LogP contribution is -2.44. The van der Waals surface area contributed by atoms with Gasteiger partial charge in [0.15, 0.2) is 6.61 Å².